The van der Waals surface area contributed by atoms with Crippen LogP contribution in [0.2, 0.25) is 0 Å². The van der Waals surface area contributed by atoms with E-state index in [0.717, 1.165) is 22.5 Å². The molecule has 3 heterocycles. The maximum absolute atomic E-state index is 5.39. The Labute approximate surface area is 139 Å². The first-order chi connectivity index (χ1) is 11.6. The van der Waals surface area contributed by atoms with E-state index in [-0.39, 0.29) is 0 Å². The van der Waals surface area contributed by atoms with Gasteiger partial charge in [0, 0.05) is 25.9 Å². The minimum absolute atomic E-state index is 0.502. The van der Waals surface area contributed by atoms with Gasteiger partial charge in [0.05, 0.1) is 34.8 Å². The first-order valence-electron chi connectivity index (χ1n) is 7.57. The lowest BCUT2D eigenvalue weighted by molar-refractivity contribution is 0.210. The summed E-state index contributed by atoms with van der Waals surface area (Å²) in [7, 11) is 1.65. The molecule has 0 aliphatic heterocycles. The van der Waals surface area contributed by atoms with Crippen LogP contribution < -0.4 is 5.32 Å². The van der Waals surface area contributed by atoms with Crippen LogP contribution in [0.4, 0.5) is 5.95 Å². The number of anilines is 1. The summed E-state index contributed by atoms with van der Waals surface area (Å²) < 4.78 is 15.7. The average molecular weight is 329 g/mol. The third-order valence-corrected chi connectivity index (χ3v) is 3.54. The predicted molar refractivity (Wildman–Crippen MR) is 87.6 cm³/mol. The van der Waals surface area contributed by atoms with Gasteiger partial charge in [-0.05, 0) is 20.8 Å². The van der Waals surface area contributed by atoms with Gasteiger partial charge in [0.2, 0.25) is 5.95 Å². The molecule has 126 valence electrons. The Kier molecular flexibility index (Phi) is 4.57. The zero-order chi connectivity index (χ0) is 17.1. The molecular weight excluding hydrogens is 310 g/mol. The minimum Gasteiger partial charge on any atom is -0.383 e. The second kappa shape index (κ2) is 6.79. The number of nitrogens with one attached hydrogen (secondary N) is 1. The summed E-state index contributed by atoms with van der Waals surface area (Å²) in [5.74, 6) is 1.79. The van der Waals surface area contributed by atoms with Gasteiger partial charge < -0.3 is 19.1 Å². The lowest BCUT2D eigenvalue weighted by Gasteiger charge is -2.09. The van der Waals surface area contributed by atoms with Crippen LogP contribution in [0, 0.1) is 20.8 Å². The molecule has 0 saturated carbocycles. The molecule has 0 unspecified atom stereocenters. The minimum atomic E-state index is 0.502. The van der Waals surface area contributed by atoms with Crippen LogP contribution in [0.25, 0.3) is 22.6 Å². The van der Waals surface area contributed by atoms with Crippen molar-refractivity contribution in [3.8, 4) is 22.6 Å². The van der Waals surface area contributed by atoms with E-state index in [9.17, 15) is 0 Å². The van der Waals surface area contributed by atoms with E-state index in [0.29, 0.717) is 36.3 Å². The molecule has 8 nitrogen and oxygen atoms in total. The Bertz CT molecular complexity index is 821. The molecule has 3 aromatic rings. The molecule has 0 spiro atoms. The Morgan fingerprint density at radius 1 is 1.17 bits per heavy atom. The number of methoxy groups -OCH3 is 1. The molecule has 3 aromatic heterocycles. The molecule has 0 bridgehead atoms. The number of aromatic nitrogens is 4. The van der Waals surface area contributed by atoms with Gasteiger partial charge in [-0.2, -0.15) is 0 Å². The predicted octanol–water partition coefficient (Wildman–Crippen LogP) is 2.77. The molecule has 1 N–H and O–H groups in total. The van der Waals surface area contributed by atoms with Gasteiger partial charge in [-0.25, -0.2) is 9.97 Å². The maximum Gasteiger partial charge on any atom is 0.223 e. The molecule has 3 rings (SSSR count). The van der Waals surface area contributed by atoms with E-state index in [1.165, 1.54) is 0 Å². The van der Waals surface area contributed by atoms with E-state index in [1.54, 1.807) is 13.3 Å². The molecule has 0 aliphatic carbocycles. The van der Waals surface area contributed by atoms with Crippen molar-refractivity contribution >= 4 is 5.95 Å². The quantitative estimate of drug-likeness (QED) is 0.689. The van der Waals surface area contributed by atoms with Crippen molar-refractivity contribution in [2.75, 3.05) is 25.6 Å². The Morgan fingerprint density at radius 3 is 2.62 bits per heavy atom. The molecule has 0 aliphatic rings. The number of aryl methyl sites for hydroxylation is 3. The normalized spacial score (nSPS) is 11.0. The van der Waals surface area contributed by atoms with E-state index in [4.69, 9.17) is 13.8 Å². The maximum atomic E-state index is 5.39. The smallest absolute Gasteiger partial charge is 0.223 e. The fourth-order valence-corrected chi connectivity index (χ4v) is 2.41. The van der Waals surface area contributed by atoms with E-state index in [2.05, 4.69) is 25.6 Å². The van der Waals surface area contributed by atoms with Gasteiger partial charge in [-0.15, -0.1) is 0 Å². The molecule has 0 amide bonds. The number of hydrogen-bond acceptors (Lipinski definition) is 8. The molecular formula is C16H19N5O3. The second-order valence-corrected chi connectivity index (χ2v) is 5.41. The van der Waals surface area contributed by atoms with Crippen molar-refractivity contribution < 1.29 is 13.8 Å². The fourth-order valence-electron chi connectivity index (χ4n) is 2.41. The number of ether oxygens (including phenoxy) is 1. The standard InChI is InChI=1S/C16H19N5O3/c1-9-7-13(24-20-9)12-8-18-16(17-5-6-22-4)19-15(12)14-10(2)21-23-11(14)3/h7-8H,5-6H2,1-4H3,(H,17,18,19). The van der Waals surface area contributed by atoms with Gasteiger partial charge in [0.25, 0.3) is 0 Å². The Hall–Kier alpha value is -2.74. The second-order valence-electron chi connectivity index (χ2n) is 5.41. The highest BCUT2D eigenvalue weighted by Crippen LogP contribution is 2.34. The average Bonchev–Trinajstić information content (AvgIpc) is 3.13. The molecule has 24 heavy (non-hydrogen) atoms. The summed E-state index contributed by atoms with van der Waals surface area (Å²) in [6.45, 7) is 6.77. The number of hydrogen-bond donors (Lipinski definition) is 1. The monoisotopic (exact) mass is 329 g/mol. The van der Waals surface area contributed by atoms with Crippen molar-refractivity contribution in [2.45, 2.75) is 20.8 Å². The van der Waals surface area contributed by atoms with Crippen LogP contribution in [0.5, 0.6) is 0 Å². The van der Waals surface area contributed by atoms with E-state index < -0.39 is 0 Å². The summed E-state index contributed by atoms with van der Waals surface area (Å²) in [5, 5.41) is 11.1. The zero-order valence-electron chi connectivity index (χ0n) is 14.1. The van der Waals surface area contributed by atoms with Crippen molar-refractivity contribution in [3.05, 3.63) is 29.4 Å². The van der Waals surface area contributed by atoms with Crippen LogP contribution in [0.1, 0.15) is 17.1 Å². The number of rotatable bonds is 6. The van der Waals surface area contributed by atoms with Crippen molar-refractivity contribution in [1.29, 1.82) is 0 Å². The third-order valence-electron chi connectivity index (χ3n) is 3.54. The number of nitrogens with zero attached hydrogens (tertiary/aromatic N) is 4. The van der Waals surface area contributed by atoms with Gasteiger partial charge in [0.1, 0.15) is 5.76 Å². The van der Waals surface area contributed by atoms with Crippen LogP contribution in [-0.4, -0.2) is 40.5 Å². The van der Waals surface area contributed by atoms with Crippen LogP contribution >= 0.6 is 0 Å². The van der Waals surface area contributed by atoms with Gasteiger partial charge in [-0.1, -0.05) is 10.3 Å². The van der Waals surface area contributed by atoms with E-state index >= 15 is 0 Å². The van der Waals surface area contributed by atoms with E-state index in [1.807, 2.05) is 26.8 Å². The third kappa shape index (κ3) is 3.13. The topological polar surface area (TPSA) is 99.1 Å². The van der Waals surface area contributed by atoms with Crippen LogP contribution in [-0.2, 0) is 4.74 Å². The fraction of sp³-hybridized carbons (Fsp3) is 0.375. The van der Waals surface area contributed by atoms with Crippen molar-refractivity contribution in [1.82, 2.24) is 20.3 Å². The Balaban J connectivity index is 2.08. The first kappa shape index (κ1) is 16.1. The Morgan fingerprint density at radius 2 is 2.00 bits per heavy atom. The largest absolute Gasteiger partial charge is 0.383 e. The molecule has 0 fully saturated rings. The zero-order valence-corrected chi connectivity index (χ0v) is 14.1. The molecule has 0 aromatic carbocycles. The van der Waals surface area contributed by atoms with Crippen molar-refractivity contribution in [3.63, 3.8) is 0 Å². The lowest BCUT2D eigenvalue weighted by atomic mass is 10.0. The van der Waals surface area contributed by atoms with Gasteiger partial charge >= 0.3 is 0 Å². The summed E-state index contributed by atoms with van der Waals surface area (Å²) in [6.07, 6.45) is 1.71. The highest BCUT2D eigenvalue weighted by atomic mass is 16.5. The summed E-state index contributed by atoms with van der Waals surface area (Å²) in [4.78, 5) is 8.98. The van der Waals surface area contributed by atoms with Gasteiger partial charge in [0.15, 0.2) is 5.76 Å². The van der Waals surface area contributed by atoms with Gasteiger partial charge in [-0.3, -0.25) is 0 Å². The lowest BCUT2D eigenvalue weighted by Crippen LogP contribution is -2.10. The first-order valence-corrected chi connectivity index (χ1v) is 7.57. The molecule has 0 radical (unpaired) electrons. The summed E-state index contributed by atoms with van der Waals surface area (Å²) in [5.41, 5.74) is 3.80. The summed E-state index contributed by atoms with van der Waals surface area (Å²) >= 11 is 0. The molecule has 0 saturated heterocycles. The van der Waals surface area contributed by atoms with Crippen LogP contribution in [0.3, 0.4) is 0 Å². The highest BCUT2D eigenvalue weighted by molar-refractivity contribution is 5.80. The van der Waals surface area contributed by atoms with Crippen LogP contribution in [0.15, 0.2) is 21.3 Å². The summed E-state index contributed by atoms with van der Waals surface area (Å²) in [6, 6.07) is 1.85. The SMILES string of the molecule is COCCNc1ncc(-c2cc(C)no2)c(-c2c(C)noc2C)n1. The molecule has 8 heteroatoms. The van der Waals surface area contributed by atoms with Crippen molar-refractivity contribution in [2.24, 2.45) is 0 Å². The molecule has 0 atom stereocenters. The highest BCUT2D eigenvalue weighted by Gasteiger charge is 2.21.